The van der Waals surface area contributed by atoms with Gasteiger partial charge < -0.3 is 9.47 Å². The van der Waals surface area contributed by atoms with Gasteiger partial charge in [-0.1, -0.05) is 54.1 Å². The van der Waals surface area contributed by atoms with E-state index in [1.807, 2.05) is 0 Å². The number of methoxy groups -OCH3 is 1. The van der Waals surface area contributed by atoms with Crippen LogP contribution in [0.5, 0.6) is 0 Å². The van der Waals surface area contributed by atoms with Crippen molar-refractivity contribution in [3.05, 3.63) is 70.7 Å². The predicted octanol–water partition coefficient (Wildman–Crippen LogP) is 2.95. The minimum absolute atomic E-state index is 0.0463. The topological polar surface area (TPSA) is 90.0 Å². The number of nitrogens with zero attached hydrogens (tertiary/aromatic N) is 1. The van der Waals surface area contributed by atoms with Gasteiger partial charge in [-0.15, -0.1) is 0 Å². The lowest BCUT2D eigenvalue weighted by Crippen LogP contribution is -2.42. The molecule has 1 atom stereocenters. The van der Waals surface area contributed by atoms with Crippen molar-refractivity contribution in [2.24, 2.45) is 0 Å². The number of halogens is 1. The lowest BCUT2D eigenvalue weighted by atomic mass is 10.1. The normalized spacial score (nSPS) is 12.4. The Morgan fingerprint density at radius 2 is 1.69 bits per heavy atom. The molecule has 0 N–H and O–H groups in total. The van der Waals surface area contributed by atoms with Crippen molar-refractivity contribution in [3.63, 3.8) is 0 Å². The molecule has 0 aliphatic heterocycles. The first-order valence-corrected chi connectivity index (χ1v) is 10.8. The summed E-state index contributed by atoms with van der Waals surface area (Å²) in [5, 5.41) is 0.488. The third-order valence-corrected chi connectivity index (χ3v) is 5.95. The van der Waals surface area contributed by atoms with Crippen LogP contribution in [0.4, 0.5) is 0 Å². The van der Waals surface area contributed by atoms with E-state index in [4.69, 9.17) is 21.1 Å². The average Bonchev–Trinajstić information content (AvgIpc) is 2.69. The Labute approximate surface area is 175 Å². The first kappa shape index (κ1) is 22.9. The van der Waals surface area contributed by atoms with Crippen LogP contribution in [0.1, 0.15) is 24.1 Å². The molecule has 9 heteroatoms. The highest BCUT2D eigenvalue weighted by atomic mass is 35.5. The number of sulfonamides is 1. The summed E-state index contributed by atoms with van der Waals surface area (Å²) in [6, 6.07) is 13.6. The molecule has 0 spiro atoms. The first-order chi connectivity index (χ1) is 13.8. The molecule has 0 saturated heterocycles. The van der Waals surface area contributed by atoms with E-state index in [1.165, 1.54) is 7.11 Å². The SMILES string of the molecule is CCOC(=O)CS(=O)(=O)N(Cc1ccc(Cl)cc1)C(C(=O)OC)c1ccccc1. The van der Waals surface area contributed by atoms with E-state index in [0.717, 1.165) is 4.31 Å². The van der Waals surface area contributed by atoms with Gasteiger partial charge in [-0.05, 0) is 30.2 Å². The summed E-state index contributed by atoms with van der Waals surface area (Å²) in [6.45, 7) is 1.47. The number of hydrogen-bond acceptors (Lipinski definition) is 6. The minimum Gasteiger partial charge on any atom is -0.468 e. The maximum absolute atomic E-state index is 13.1. The Balaban J connectivity index is 2.52. The van der Waals surface area contributed by atoms with E-state index >= 15 is 0 Å². The number of rotatable bonds is 9. The molecular formula is C20H22ClNO6S. The Morgan fingerprint density at radius 1 is 1.07 bits per heavy atom. The fraction of sp³-hybridized carbons (Fsp3) is 0.300. The van der Waals surface area contributed by atoms with Gasteiger partial charge in [-0.2, -0.15) is 4.31 Å². The molecule has 0 fully saturated rings. The van der Waals surface area contributed by atoms with Crippen LogP contribution < -0.4 is 0 Å². The zero-order valence-corrected chi connectivity index (χ0v) is 17.7. The van der Waals surface area contributed by atoms with Crippen LogP contribution in [-0.2, 0) is 35.6 Å². The van der Waals surface area contributed by atoms with Crippen molar-refractivity contribution >= 4 is 33.6 Å². The van der Waals surface area contributed by atoms with E-state index in [2.05, 4.69) is 0 Å². The van der Waals surface area contributed by atoms with E-state index < -0.39 is 33.8 Å². The van der Waals surface area contributed by atoms with Gasteiger partial charge in [0.25, 0.3) is 0 Å². The number of hydrogen-bond donors (Lipinski definition) is 0. The lowest BCUT2D eigenvalue weighted by molar-refractivity contribution is -0.146. The highest BCUT2D eigenvalue weighted by molar-refractivity contribution is 7.89. The molecule has 0 saturated carbocycles. The molecule has 29 heavy (non-hydrogen) atoms. The van der Waals surface area contributed by atoms with Crippen LogP contribution >= 0.6 is 11.6 Å². The summed E-state index contributed by atoms with van der Waals surface area (Å²) >= 11 is 5.91. The lowest BCUT2D eigenvalue weighted by Gasteiger charge is -2.29. The third-order valence-electron chi connectivity index (χ3n) is 4.04. The number of carbonyl (C=O) groups excluding carboxylic acids is 2. The van der Waals surface area contributed by atoms with Gasteiger partial charge in [-0.3, -0.25) is 4.79 Å². The zero-order chi connectivity index (χ0) is 21.4. The van der Waals surface area contributed by atoms with Crippen molar-refractivity contribution in [3.8, 4) is 0 Å². The number of esters is 2. The summed E-state index contributed by atoms with van der Waals surface area (Å²) < 4.78 is 36.8. The molecule has 0 amide bonds. The maximum Gasteiger partial charge on any atom is 0.328 e. The standard InChI is InChI=1S/C20H22ClNO6S/c1-3-28-18(23)14-29(25,26)22(13-15-9-11-17(21)12-10-15)19(20(24)27-2)16-7-5-4-6-8-16/h4-12,19H,3,13-14H2,1-2H3. The van der Waals surface area contributed by atoms with Crippen LogP contribution in [0, 0.1) is 0 Å². The molecule has 156 valence electrons. The smallest absolute Gasteiger partial charge is 0.328 e. The van der Waals surface area contributed by atoms with Crippen LogP contribution in [-0.4, -0.2) is 44.1 Å². The van der Waals surface area contributed by atoms with Crippen molar-refractivity contribution in [1.29, 1.82) is 0 Å². The summed E-state index contributed by atoms with van der Waals surface area (Å²) in [4.78, 5) is 24.5. The molecule has 0 aliphatic rings. The molecule has 2 rings (SSSR count). The van der Waals surface area contributed by atoms with Gasteiger partial charge in [0.05, 0.1) is 13.7 Å². The largest absolute Gasteiger partial charge is 0.468 e. The second kappa shape index (κ2) is 10.4. The molecule has 0 aliphatic carbocycles. The highest BCUT2D eigenvalue weighted by Crippen LogP contribution is 2.28. The van der Waals surface area contributed by atoms with Crippen LogP contribution in [0.15, 0.2) is 54.6 Å². The third kappa shape index (κ3) is 6.28. The minimum atomic E-state index is -4.23. The molecule has 2 aromatic rings. The van der Waals surface area contributed by atoms with E-state index in [9.17, 15) is 18.0 Å². The molecule has 0 heterocycles. The van der Waals surface area contributed by atoms with Crippen molar-refractivity contribution in [2.45, 2.75) is 19.5 Å². The monoisotopic (exact) mass is 439 g/mol. The summed E-state index contributed by atoms with van der Waals surface area (Å²) in [5.74, 6) is -2.56. The second-order valence-electron chi connectivity index (χ2n) is 6.07. The van der Waals surface area contributed by atoms with Crippen LogP contribution in [0.25, 0.3) is 0 Å². The first-order valence-electron chi connectivity index (χ1n) is 8.81. The van der Waals surface area contributed by atoms with E-state index in [-0.39, 0.29) is 13.2 Å². The highest BCUT2D eigenvalue weighted by Gasteiger charge is 2.38. The molecule has 1 unspecified atom stereocenters. The summed E-state index contributed by atoms with van der Waals surface area (Å²) in [6.07, 6.45) is 0. The number of carbonyl (C=O) groups is 2. The molecular weight excluding hydrogens is 418 g/mol. The molecule has 0 aromatic heterocycles. The zero-order valence-electron chi connectivity index (χ0n) is 16.1. The Kier molecular flexibility index (Phi) is 8.19. The Bertz CT molecular complexity index is 931. The number of ether oxygens (including phenoxy) is 2. The Hall–Kier alpha value is -2.42. The molecule has 2 aromatic carbocycles. The quantitative estimate of drug-likeness (QED) is 0.558. The number of benzene rings is 2. The average molecular weight is 440 g/mol. The second-order valence-corrected chi connectivity index (χ2v) is 8.43. The van der Waals surface area contributed by atoms with Gasteiger partial charge in [0.1, 0.15) is 6.04 Å². The van der Waals surface area contributed by atoms with Gasteiger partial charge in [0.15, 0.2) is 5.75 Å². The van der Waals surface area contributed by atoms with E-state index in [1.54, 1.807) is 61.5 Å². The van der Waals surface area contributed by atoms with Crippen molar-refractivity contribution in [1.82, 2.24) is 4.31 Å². The molecule has 7 nitrogen and oxygen atoms in total. The van der Waals surface area contributed by atoms with Crippen LogP contribution in [0.3, 0.4) is 0 Å². The Morgan fingerprint density at radius 3 is 2.24 bits per heavy atom. The van der Waals surface area contributed by atoms with Crippen LogP contribution in [0.2, 0.25) is 5.02 Å². The fourth-order valence-electron chi connectivity index (χ4n) is 2.72. The molecule has 0 radical (unpaired) electrons. The predicted molar refractivity (Wildman–Crippen MR) is 109 cm³/mol. The van der Waals surface area contributed by atoms with E-state index in [0.29, 0.717) is 16.1 Å². The fourth-order valence-corrected chi connectivity index (χ4v) is 4.27. The van der Waals surface area contributed by atoms with Crippen molar-refractivity contribution in [2.75, 3.05) is 19.5 Å². The van der Waals surface area contributed by atoms with Gasteiger partial charge in [0.2, 0.25) is 10.0 Å². The molecule has 0 bridgehead atoms. The van der Waals surface area contributed by atoms with Gasteiger partial charge in [0, 0.05) is 11.6 Å². The van der Waals surface area contributed by atoms with Crippen molar-refractivity contribution < 1.29 is 27.5 Å². The summed E-state index contributed by atoms with van der Waals surface area (Å²) in [7, 11) is -3.05. The summed E-state index contributed by atoms with van der Waals surface area (Å²) in [5.41, 5.74) is 1.01. The maximum atomic E-state index is 13.1. The van der Waals surface area contributed by atoms with Gasteiger partial charge in [-0.25, -0.2) is 13.2 Å². The van der Waals surface area contributed by atoms with Gasteiger partial charge >= 0.3 is 11.9 Å².